The minimum atomic E-state index is -3.75. The van der Waals surface area contributed by atoms with E-state index in [1.54, 1.807) is 18.5 Å². The first-order valence-electron chi connectivity index (χ1n) is 6.08. The van der Waals surface area contributed by atoms with Crippen LogP contribution >= 0.6 is 15.9 Å². The number of nitrogens with two attached hydrogens (primary N) is 1. The molecule has 0 saturated carbocycles. The molecule has 1 aromatic heterocycles. The third kappa shape index (κ3) is 3.28. The Kier molecular flexibility index (Phi) is 4.40. The van der Waals surface area contributed by atoms with Crippen LogP contribution in [0.2, 0.25) is 0 Å². The van der Waals surface area contributed by atoms with Crippen molar-refractivity contribution in [1.82, 2.24) is 4.57 Å². The number of nitrogens with one attached hydrogen (secondary N) is 1. The highest BCUT2D eigenvalue weighted by Gasteiger charge is 2.19. The Morgan fingerprint density at radius 1 is 1.38 bits per heavy atom. The zero-order valence-electron chi connectivity index (χ0n) is 11.5. The zero-order valence-corrected chi connectivity index (χ0v) is 13.9. The van der Waals surface area contributed by atoms with Crippen LogP contribution in [0.3, 0.4) is 0 Å². The molecule has 0 aliphatic carbocycles. The SMILES string of the molecule is Cc1cc(F)c(Br)cc1NS(=O)(=O)c1cc(CN)n(C)c1. The van der Waals surface area contributed by atoms with E-state index < -0.39 is 15.8 Å². The Hall–Kier alpha value is -1.38. The van der Waals surface area contributed by atoms with Gasteiger partial charge in [0.15, 0.2) is 0 Å². The normalized spacial score (nSPS) is 11.7. The number of rotatable bonds is 4. The first kappa shape index (κ1) is 16.0. The Labute approximate surface area is 131 Å². The molecule has 0 saturated heterocycles. The van der Waals surface area contributed by atoms with Gasteiger partial charge in [-0.05, 0) is 46.6 Å². The third-order valence-electron chi connectivity index (χ3n) is 3.11. The van der Waals surface area contributed by atoms with E-state index in [-0.39, 0.29) is 15.9 Å². The van der Waals surface area contributed by atoms with Gasteiger partial charge in [-0.15, -0.1) is 0 Å². The number of aryl methyl sites for hydroxylation is 2. The summed E-state index contributed by atoms with van der Waals surface area (Å²) in [7, 11) is -2.02. The van der Waals surface area contributed by atoms with Gasteiger partial charge in [0.25, 0.3) is 10.0 Å². The first-order valence-corrected chi connectivity index (χ1v) is 8.36. The van der Waals surface area contributed by atoms with Gasteiger partial charge < -0.3 is 10.3 Å². The van der Waals surface area contributed by atoms with E-state index in [0.29, 0.717) is 16.9 Å². The molecule has 0 aliphatic rings. The zero-order chi connectivity index (χ0) is 15.8. The molecule has 0 aliphatic heterocycles. The maximum absolute atomic E-state index is 13.4. The monoisotopic (exact) mass is 375 g/mol. The molecule has 1 heterocycles. The highest BCUT2D eigenvalue weighted by Crippen LogP contribution is 2.26. The average Bonchev–Trinajstić information content (AvgIpc) is 2.78. The van der Waals surface area contributed by atoms with Crippen LogP contribution in [-0.4, -0.2) is 13.0 Å². The summed E-state index contributed by atoms with van der Waals surface area (Å²) in [5.74, 6) is -0.444. The third-order valence-corrected chi connectivity index (χ3v) is 5.05. The fourth-order valence-corrected chi connectivity index (χ4v) is 3.45. The molecule has 0 unspecified atom stereocenters. The molecule has 21 heavy (non-hydrogen) atoms. The summed E-state index contributed by atoms with van der Waals surface area (Å²) in [4.78, 5) is 0.116. The van der Waals surface area contributed by atoms with Crippen molar-refractivity contribution in [1.29, 1.82) is 0 Å². The van der Waals surface area contributed by atoms with Crippen LogP contribution in [0, 0.1) is 12.7 Å². The molecule has 5 nitrogen and oxygen atoms in total. The molecule has 0 spiro atoms. The van der Waals surface area contributed by atoms with Gasteiger partial charge >= 0.3 is 0 Å². The number of anilines is 1. The standard InChI is InChI=1S/C13H15BrFN3O2S/c1-8-3-12(15)11(14)5-13(8)17-21(19,20)10-4-9(6-16)18(2)7-10/h3-5,7,17H,6,16H2,1-2H3. The highest BCUT2D eigenvalue weighted by atomic mass is 79.9. The lowest BCUT2D eigenvalue weighted by atomic mass is 10.2. The molecule has 0 radical (unpaired) electrons. The van der Waals surface area contributed by atoms with Gasteiger partial charge in [-0.1, -0.05) is 0 Å². The molecule has 2 aromatic rings. The lowest BCUT2D eigenvalue weighted by molar-refractivity contribution is 0.600. The molecule has 0 amide bonds. The van der Waals surface area contributed by atoms with Crippen molar-refractivity contribution in [3.05, 3.63) is 45.9 Å². The largest absolute Gasteiger partial charge is 0.352 e. The van der Waals surface area contributed by atoms with Gasteiger partial charge in [-0.3, -0.25) is 4.72 Å². The molecule has 114 valence electrons. The lowest BCUT2D eigenvalue weighted by Gasteiger charge is -2.10. The second-order valence-electron chi connectivity index (χ2n) is 4.67. The van der Waals surface area contributed by atoms with Gasteiger partial charge in [0.1, 0.15) is 10.7 Å². The Bertz CT molecular complexity index is 787. The van der Waals surface area contributed by atoms with Gasteiger partial charge in [0.2, 0.25) is 0 Å². The van der Waals surface area contributed by atoms with Crippen molar-refractivity contribution in [2.45, 2.75) is 18.4 Å². The maximum Gasteiger partial charge on any atom is 0.263 e. The summed E-state index contributed by atoms with van der Waals surface area (Å²) < 4.78 is 42.4. The quantitative estimate of drug-likeness (QED) is 0.861. The van der Waals surface area contributed by atoms with Crippen molar-refractivity contribution in [3.63, 3.8) is 0 Å². The Morgan fingerprint density at radius 2 is 2.05 bits per heavy atom. The molecule has 0 bridgehead atoms. The second-order valence-corrected chi connectivity index (χ2v) is 7.21. The lowest BCUT2D eigenvalue weighted by Crippen LogP contribution is -2.13. The molecule has 2 rings (SSSR count). The Morgan fingerprint density at radius 3 is 2.62 bits per heavy atom. The van der Waals surface area contributed by atoms with Gasteiger partial charge in [0.05, 0.1) is 10.2 Å². The second kappa shape index (κ2) is 5.78. The van der Waals surface area contributed by atoms with Crippen molar-refractivity contribution >= 4 is 31.6 Å². The van der Waals surface area contributed by atoms with Crippen LogP contribution in [0.5, 0.6) is 0 Å². The van der Waals surface area contributed by atoms with Crippen molar-refractivity contribution in [3.8, 4) is 0 Å². The van der Waals surface area contributed by atoms with Gasteiger partial charge in [-0.25, -0.2) is 12.8 Å². The van der Waals surface area contributed by atoms with Gasteiger partial charge in [0, 0.05) is 25.5 Å². The number of nitrogens with zero attached hydrogens (tertiary/aromatic N) is 1. The molecule has 0 fully saturated rings. The molecular weight excluding hydrogens is 361 g/mol. The molecule has 8 heteroatoms. The number of hydrogen-bond donors (Lipinski definition) is 2. The minimum Gasteiger partial charge on any atom is -0.352 e. The predicted molar refractivity (Wildman–Crippen MR) is 82.9 cm³/mol. The van der Waals surface area contributed by atoms with E-state index >= 15 is 0 Å². The van der Waals surface area contributed by atoms with Crippen LogP contribution < -0.4 is 10.5 Å². The number of benzene rings is 1. The minimum absolute atomic E-state index is 0.116. The predicted octanol–water partition coefficient (Wildman–Crippen LogP) is 2.49. The number of halogens is 2. The molecule has 0 atom stereocenters. The van der Waals surface area contributed by atoms with Crippen molar-refractivity contribution < 1.29 is 12.8 Å². The first-order chi connectivity index (χ1) is 9.74. The van der Waals surface area contributed by atoms with E-state index in [1.807, 2.05) is 0 Å². The topological polar surface area (TPSA) is 77.1 Å². The molecule has 1 aromatic carbocycles. The smallest absolute Gasteiger partial charge is 0.263 e. The fourth-order valence-electron chi connectivity index (χ4n) is 1.89. The summed E-state index contributed by atoms with van der Waals surface area (Å²) >= 11 is 3.04. The summed E-state index contributed by atoms with van der Waals surface area (Å²) in [5, 5.41) is 0. The Balaban J connectivity index is 2.39. The van der Waals surface area contributed by atoms with Gasteiger partial charge in [-0.2, -0.15) is 0 Å². The van der Waals surface area contributed by atoms with Crippen LogP contribution in [-0.2, 0) is 23.6 Å². The van der Waals surface area contributed by atoms with E-state index in [0.717, 1.165) is 0 Å². The van der Waals surface area contributed by atoms with Crippen LogP contribution in [0.15, 0.2) is 33.8 Å². The summed E-state index contributed by atoms with van der Waals surface area (Å²) in [6.07, 6.45) is 1.48. The van der Waals surface area contributed by atoms with Crippen LogP contribution in [0.25, 0.3) is 0 Å². The van der Waals surface area contributed by atoms with Crippen LogP contribution in [0.1, 0.15) is 11.3 Å². The van der Waals surface area contributed by atoms with E-state index in [9.17, 15) is 12.8 Å². The number of hydrogen-bond acceptors (Lipinski definition) is 3. The van der Waals surface area contributed by atoms with Crippen molar-refractivity contribution in [2.24, 2.45) is 12.8 Å². The average molecular weight is 376 g/mol. The summed E-state index contributed by atoms with van der Waals surface area (Å²) in [5.41, 5.74) is 7.05. The number of sulfonamides is 1. The molecular formula is C13H15BrFN3O2S. The maximum atomic E-state index is 13.4. The molecule has 3 N–H and O–H groups in total. The van der Waals surface area contributed by atoms with E-state index in [4.69, 9.17) is 5.73 Å². The number of aromatic nitrogens is 1. The van der Waals surface area contributed by atoms with Crippen molar-refractivity contribution in [2.75, 3.05) is 4.72 Å². The fraction of sp³-hybridized carbons (Fsp3) is 0.231. The van der Waals surface area contributed by atoms with E-state index in [2.05, 4.69) is 20.7 Å². The highest BCUT2D eigenvalue weighted by molar-refractivity contribution is 9.10. The summed E-state index contributed by atoms with van der Waals surface area (Å²) in [6, 6.07) is 4.17. The van der Waals surface area contributed by atoms with Crippen LogP contribution in [0.4, 0.5) is 10.1 Å². The van der Waals surface area contributed by atoms with E-state index in [1.165, 1.54) is 24.4 Å². The summed E-state index contributed by atoms with van der Waals surface area (Å²) in [6.45, 7) is 1.87.